The summed E-state index contributed by atoms with van der Waals surface area (Å²) >= 11 is 0. The second kappa shape index (κ2) is 12.2. The molecule has 2 amide bonds. The van der Waals surface area contributed by atoms with Gasteiger partial charge in [0.05, 0.1) is 12.6 Å². The number of carbonyl (C=O) groups is 1. The summed E-state index contributed by atoms with van der Waals surface area (Å²) in [5.74, 6) is -0.736. The molecule has 12 heteroatoms. The van der Waals surface area contributed by atoms with Gasteiger partial charge in [-0.2, -0.15) is 0 Å². The van der Waals surface area contributed by atoms with E-state index >= 15 is 0 Å². The van der Waals surface area contributed by atoms with Gasteiger partial charge in [0, 0.05) is 12.5 Å². The molecule has 0 bridgehead atoms. The smallest absolute Gasteiger partial charge is 0.496 e. The van der Waals surface area contributed by atoms with Gasteiger partial charge in [-0.25, -0.2) is 4.79 Å². The number of benzene rings is 3. The van der Waals surface area contributed by atoms with Gasteiger partial charge in [-0.15, -0.1) is 26.3 Å². The zero-order valence-corrected chi connectivity index (χ0v) is 21.9. The van der Waals surface area contributed by atoms with Crippen LogP contribution in [0.2, 0.25) is 0 Å². The van der Waals surface area contributed by atoms with E-state index in [1.165, 1.54) is 31.4 Å². The molecule has 0 aliphatic heterocycles. The van der Waals surface area contributed by atoms with Gasteiger partial charge < -0.3 is 24.8 Å². The van der Waals surface area contributed by atoms with E-state index in [1.54, 1.807) is 24.3 Å². The zero-order chi connectivity index (χ0) is 29.7. The van der Waals surface area contributed by atoms with Crippen LogP contribution in [0.5, 0.6) is 17.2 Å². The first-order valence-electron chi connectivity index (χ1n) is 12.8. The predicted molar refractivity (Wildman–Crippen MR) is 138 cm³/mol. The number of amides is 2. The van der Waals surface area contributed by atoms with E-state index in [-0.39, 0.29) is 23.6 Å². The summed E-state index contributed by atoms with van der Waals surface area (Å²) < 4.78 is 92.6. The molecule has 1 saturated carbocycles. The van der Waals surface area contributed by atoms with E-state index in [0.29, 0.717) is 11.3 Å². The second-order valence-electron chi connectivity index (χ2n) is 9.63. The first-order chi connectivity index (χ1) is 19.4. The Labute approximate surface area is 232 Å². The van der Waals surface area contributed by atoms with Crippen LogP contribution in [-0.2, 0) is 12.0 Å². The highest BCUT2D eigenvalue weighted by Crippen LogP contribution is 2.40. The molecular weight excluding hydrogens is 554 g/mol. The molecular formula is C29H28F6N2O4. The van der Waals surface area contributed by atoms with Gasteiger partial charge in [0.15, 0.2) is 0 Å². The van der Waals surface area contributed by atoms with Crippen molar-refractivity contribution >= 4 is 6.03 Å². The second-order valence-corrected chi connectivity index (χ2v) is 9.63. The highest BCUT2D eigenvalue weighted by atomic mass is 19.4. The molecule has 0 unspecified atom stereocenters. The van der Waals surface area contributed by atoms with Gasteiger partial charge in [-0.3, -0.25) is 0 Å². The quantitative estimate of drug-likeness (QED) is 0.262. The van der Waals surface area contributed by atoms with Crippen molar-refractivity contribution in [2.45, 2.75) is 56.4 Å². The number of urea groups is 1. The Balaban J connectivity index is 1.91. The number of carbonyl (C=O) groups excluding carboxylic acids is 1. The van der Waals surface area contributed by atoms with Crippen molar-refractivity contribution in [3.05, 3.63) is 89.5 Å². The molecule has 0 heterocycles. The topological polar surface area (TPSA) is 68.8 Å². The number of hydrogen-bond acceptors (Lipinski definition) is 4. The van der Waals surface area contributed by atoms with E-state index < -0.39 is 35.8 Å². The van der Waals surface area contributed by atoms with Crippen molar-refractivity contribution in [1.82, 2.24) is 10.6 Å². The molecule has 4 rings (SSSR count). The van der Waals surface area contributed by atoms with Gasteiger partial charge in [0.2, 0.25) is 0 Å². The molecule has 1 aliphatic carbocycles. The predicted octanol–water partition coefficient (Wildman–Crippen LogP) is 7.22. The molecule has 3 aromatic carbocycles. The van der Waals surface area contributed by atoms with Crippen molar-refractivity contribution in [2.75, 3.05) is 7.11 Å². The summed E-state index contributed by atoms with van der Waals surface area (Å²) in [6, 6.07) is 15.9. The minimum Gasteiger partial charge on any atom is -0.496 e. The number of para-hydroxylation sites is 1. The lowest BCUT2D eigenvalue weighted by Crippen LogP contribution is -2.53. The summed E-state index contributed by atoms with van der Waals surface area (Å²) in [7, 11) is 1.43. The molecule has 0 saturated heterocycles. The van der Waals surface area contributed by atoms with Crippen molar-refractivity contribution < 1.29 is 45.3 Å². The van der Waals surface area contributed by atoms with Crippen LogP contribution in [-0.4, -0.2) is 31.9 Å². The Morgan fingerprint density at radius 3 is 1.85 bits per heavy atom. The molecule has 6 nitrogen and oxygen atoms in total. The molecule has 41 heavy (non-hydrogen) atoms. The summed E-state index contributed by atoms with van der Waals surface area (Å²) in [6.07, 6.45) is -6.78. The Morgan fingerprint density at radius 1 is 0.805 bits per heavy atom. The number of nitrogens with one attached hydrogen (secondary N) is 2. The highest BCUT2D eigenvalue weighted by Gasteiger charge is 2.40. The molecule has 0 spiro atoms. The average molecular weight is 583 g/mol. The zero-order valence-electron chi connectivity index (χ0n) is 21.9. The third-order valence-corrected chi connectivity index (χ3v) is 6.79. The maximum Gasteiger partial charge on any atom is 0.573 e. The van der Waals surface area contributed by atoms with E-state index in [1.807, 2.05) is 0 Å². The Morgan fingerprint density at radius 2 is 1.34 bits per heavy atom. The van der Waals surface area contributed by atoms with Crippen molar-refractivity contribution in [3.8, 4) is 17.2 Å². The third kappa shape index (κ3) is 7.99. The molecule has 2 N–H and O–H groups in total. The first kappa shape index (κ1) is 29.9. The number of hydrogen-bond donors (Lipinski definition) is 2. The van der Waals surface area contributed by atoms with Crippen LogP contribution in [0.4, 0.5) is 31.1 Å². The fraction of sp³-hybridized carbons (Fsp3) is 0.345. The number of halogens is 6. The van der Waals surface area contributed by atoms with Crippen LogP contribution in [0.15, 0.2) is 72.8 Å². The largest absolute Gasteiger partial charge is 0.573 e. The summed E-state index contributed by atoms with van der Waals surface area (Å²) in [6.45, 7) is 0. The van der Waals surface area contributed by atoms with E-state index in [2.05, 4.69) is 20.1 Å². The minimum absolute atomic E-state index is 0.111. The minimum atomic E-state index is -5.00. The van der Waals surface area contributed by atoms with Crippen LogP contribution >= 0.6 is 0 Å². The maximum absolute atomic E-state index is 13.5. The van der Waals surface area contributed by atoms with Crippen LogP contribution in [0.3, 0.4) is 0 Å². The monoisotopic (exact) mass is 582 g/mol. The van der Waals surface area contributed by atoms with E-state index in [4.69, 9.17) is 4.74 Å². The van der Waals surface area contributed by atoms with Crippen LogP contribution in [0.1, 0.15) is 42.4 Å². The lowest BCUT2D eigenvalue weighted by Gasteiger charge is -2.37. The van der Waals surface area contributed by atoms with Crippen LogP contribution in [0.25, 0.3) is 0 Å². The van der Waals surface area contributed by atoms with Crippen LogP contribution in [0, 0.1) is 0 Å². The van der Waals surface area contributed by atoms with Gasteiger partial charge in [0.25, 0.3) is 0 Å². The normalized spacial score (nSPS) is 14.4. The Kier molecular flexibility index (Phi) is 8.89. The van der Waals surface area contributed by atoms with Crippen molar-refractivity contribution in [2.24, 2.45) is 0 Å². The fourth-order valence-corrected chi connectivity index (χ4v) is 5.10. The highest BCUT2D eigenvalue weighted by molar-refractivity contribution is 5.76. The number of ether oxygens (including phenoxy) is 3. The SMILES string of the molecule is COc1ccccc1CC(NC(=O)NC1CCCC1)(c1cccc(OC(F)(F)F)c1)c1cccc(OC(F)(F)F)c1. The lowest BCUT2D eigenvalue weighted by molar-refractivity contribution is -0.275. The molecule has 0 aromatic heterocycles. The molecule has 220 valence electrons. The molecule has 0 radical (unpaired) electrons. The Bertz CT molecular complexity index is 1280. The number of methoxy groups -OCH3 is 1. The lowest BCUT2D eigenvalue weighted by atomic mass is 9.77. The Hall–Kier alpha value is -4.09. The third-order valence-electron chi connectivity index (χ3n) is 6.79. The summed E-state index contributed by atoms with van der Waals surface area (Å²) in [5.41, 5.74) is -0.931. The van der Waals surface area contributed by atoms with E-state index in [9.17, 15) is 31.1 Å². The van der Waals surface area contributed by atoms with Crippen molar-refractivity contribution in [3.63, 3.8) is 0 Å². The van der Waals surface area contributed by atoms with Gasteiger partial charge in [-0.1, -0.05) is 55.3 Å². The van der Waals surface area contributed by atoms with Crippen molar-refractivity contribution in [1.29, 1.82) is 0 Å². The molecule has 3 aromatic rings. The molecule has 1 fully saturated rings. The van der Waals surface area contributed by atoms with Gasteiger partial charge in [-0.05, 0) is 59.9 Å². The van der Waals surface area contributed by atoms with Gasteiger partial charge in [0.1, 0.15) is 17.2 Å². The first-order valence-corrected chi connectivity index (χ1v) is 12.8. The number of rotatable bonds is 9. The van der Waals surface area contributed by atoms with E-state index in [0.717, 1.165) is 49.9 Å². The maximum atomic E-state index is 13.5. The molecule has 0 atom stereocenters. The summed E-state index contributed by atoms with van der Waals surface area (Å²) in [4.78, 5) is 13.5. The standard InChI is InChI=1S/C29H28F6N2O4/c1-39-25-15-5-2-8-19(25)18-27(37-26(38)36-22-11-3-4-12-22,20-9-6-13-23(16-20)40-28(30,31)32)21-10-7-14-24(17-21)41-29(33,34)35/h2,5-10,13-17,22H,3-4,11-12,18H2,1H3,(H2,36,37,38). The van der Waals surface area contributed by atoms with Crippen LogP contribution < -0.4 is 24.8 Å². The summed E-state index contributed by atoms with van der Waals surface area (Å²) in [5, 5.41) is 5.78. The number of alkyl halides is 6. The fourth-order valence-electron chi connectivity index (χ4n) is 5.10. The average Bonchev–Trinajstić information content (AvgIpc) is 3.40. The van der Waals surface area contributed by atoms with Gasteiger partial charge >= 0.3 is 18.8 Å². The molecule has 1 aliphatic rings.